The molecule has 0 spiro atoms. The van der Waals surface area contributed by atoms with Gasteiger partial charge in [0.1, 0.15) is 5.60 Å². The first-order chi connectivity index (χ1) is 13.8. The van der Waals surface area contributed by atoms with E-state index in [-0.39, 0.29) is 17.9 Å². The van der Waals surface area contributed by atoms with Crippen LogP contribution in [0.3, 0.4) is 0 Å². The van der Waals surface area contributed by atoms with Crippen LogP contribution in [0.4, 0.5) is 10.5 Å². The number of hydrogen-bond acceptors (Lipinski definition) is 7. The van der Waals surface area contributed by atoms with Crippen LogP contribution in [0.15, 0.2) is 24.7 Å². The molecule has 2 aliphatic heterocycles. The van der Waals surface area contributed by atoms with Crippen LogP contribution in [-0.4, -0.2) is 87.2 Å². The summed E-state index contributed by atoms with van der Waals surface area (Å²) in [7, 11) is 0. The van der Waals surface area contributed by atoms with Crippen molar-refractivity contribution >= 4 is 23.2 Å². The maximum atomic E-state index is 12.6. The topological polar surface area (TPSA) is 83.3 Å². The Balaban J connectivity index is 1.37. The summed E-state index contributed by atoms with van der Waals surface area (Å²) in [5.41, 5.74) is 1.30. The number of nitrogens with zero attached hydrogens (tertiary/aromatic N) is 6. The van der Waals surface area contributed by atoms with Crippen molar-refractivity contribution < 1.29 is 14.3 Å². The zero-order valence-electron chi connectivity index (χ0n) is 17.2. The largest absolute Gasteiger partial charge is 0.444 e. The number of aromatic nitrogens is 3. The molecule has 0 aliphatic carbocycles. The van der Waals surface area contributed by atoms with Gasteiger partial charge in [-0.2, -0.15) is 5.10 Å². The maximum absolute atomic E-state index is 12.6. The van der Waals surface area contributed by atoms with E-state index in [0.29, 0.717) is 19.5 Å². The van der Waals surface area contributed by atoms with Crippen LogP contribution in [-0.2, 0) is 9.53 Å². The van der Waals surface area contributed by atoms with Crippen LogP contribution in [0.25, 0.3) is 5.65 Å². The lowest BCUT2D eigenvalue weighted by molar-refractivity contribution is -0.127. The molecule has 2 aromatic heterocycles. The Morgan fingerprint density at radius 3 is 2.66 bits per heavy atom. The minimum atomic E-state index is -0.538. The van der Waals surface area contributed by atoms with E-state index >= 15 is 0 Å². The molecule has 0 saturated carbocycles. The molecule has 1 atom stereocenters. The number of carbonyl (C=O) groups excluding carboxylic acids is 2. The summed E-state index contributed by atoms with van der Waals surface area (Å²) >= 11 is 0. The van der Waals surface area contributed by atoms with Gasteiger partial charge in [-0.1, -0.05) is 0 Å². The van der Waals surface area contributed by atoms with Crippen molar-refractivity contribution in [3.8, 4) is 0 Å². The first-order valence-corrected chi connectivity index (χ1v) is 10.1. The van der Waals surface area contributed by atoms with Crippen molar-refractivity contribution in [2.75, 3.05) is 44.2 Å². The lowest BCUT2D eigenvalue weighted by Crippen LogP contribution is -2.59. The summed E-state index contributed by atoms with van der Waals surface area (Å²) in [5, 5.41) is 4.25. The Hall–Kier alpha value is -2.68. The second-order valence-electron chi connectivity index (χ2n) is 8.63. The quantitative estimate of drug-likeness (QED) is 0.754. The van der Waals surface area contributed by atoms with Crippen molar-refractivity contribution in [2.24, 2.45) is 0 Å². The monoisotopic (exact) mass is 400 g/mol. The highest BCUT2D eigenvalue weighted by atomic mass is 16.6. The molecule has 156 valence electrons. The number of likely N-dealkylation sites (tertiary alicyclic amines) is 1. The number of rotatable bonds is 2. The predicted octanol–water partition coefficient (Wildman–Crippen LogP) is 1.43. The van der Waals surface area contributed by atoms with Gasteiger partial charge in [0.25, 0.3) is 0 Å². The number of piperidine rings is 1. The maximum Gasteiger partial charge on any atom is 0.410 e. The summed E-state index contributed by atoms with van der Waals surface area (Å²) in [6, 6.07) is 1.61. The third-order valence-electron chi connectivity index (χ3n) is 5.40. The number of amides is 1. The normalized spacial score (nSPS) is 21.6. The summed E-state index contributed by atoms with van der Waals surface area (Å²) in [4.78, 5) is 35.5. The molecule has 2 aromatic rings. The zero-order valence-corrected chi connectivity index (χ0v) is 17.2. The Labute approximate surface area is 170 Å². The van der Waals surface area contributed by atoms with Gasteiger partial charge in [-0.15, -0.1) is 0 Å². The molecular weight excluding hydrogens is 372 g/mol. The Morgan fingerprint density at radius 2 is 1.93 bits per heavy atom. The third-order valence-corrected chi connectivity index (χ3v) is 5.40. The van der Waals surface area contributed by atoms with E-state index in [0.717, 1.165) is 37.5 Å². The predicted molar refractivity (Wildman–Crippen MR) is 108 cm³/mol. The number of ether oxygens (including phenoxy) is 1. The van der Waals surface area contributed by atoms with Gasteiger partial charge in [-0.25, -0.2) is 14.3 Å². The average Bonchev–Trinajstić information content (AvgIpc) is 3.15. The fraction of sp³-hybridized carbons (Fsp3) is 0.600. The molecule has 9 heteroatoms. The fourth-order valence-corrected chi connectivity index (χ4v) is 3.88. The number of piperazine rings is 1. The van der Waals surface area contributed by atoms with Crippen LogP contribution in [0.5, 0.6) is 0 Å². The number of Topliss-reactive ketones (excluding diaryl/α,β-unsaturated/α-hetero) is 1. The minimum Gasteiger partial charge on any atom is -0.444 e. The van der Waals surface area contributed by atoms with Crippen molar-refractivity contribution in [1.29, 1.82) is 0 Å². The number of fused-ring (bicyclic) bond motifs is 1. The minimum absolute atomic E-state index is 0.206. The van der Waals surface area contributed by atoms with Gasteiger partial charge in [-0.3, -0.25) is 9.69 Å². The molecule has 0 N–H and O–H groups in total. The molecule has 9 nitrogen and oxygen atoms in total. The van der Waals surface area contributed by atoms with Gasteiger partial charge in [0, 0.05) is 51.8 Å². The molecule has 1 amide bonds. The van der Waals surface area contributed by atoms with Crippen LogP contribution < -0.4 is 4.90 Å². The van der Waals surface area contributed by atoms with Crippen molar-refractivity contribution in [3.05, 3.63) is 24.7 Å². The summed E-state index contributed by atoms with van der Waals surface area (Å²) in [6.07, 6.45) is 5.61. The molecular formula is C20H28N6O3. The van der Waals surface area contributed by atoms with E-state index in [1.165, 1.54) is 0 Å². The molecule has 2 fully saturated rings. The molecule has 2 saturated heterocycles. The standard InChI is InChI=1S/C20H28N6O3/c1-20(2,3)29-19(28)25-7-5-17(27)16(14-25)24-10-8-23(9-11-24)15-12-21-18-4-6-22-26(18)13-15/h4,6,12-13,16H,5,7-11,14H2,1-3H3. The van der Waals surface area contributed by atoms with Crippen molar-refractivity contribution in [2.45, 2.75) is 38.8 Å². The Morgan fingerprint density at radius 1 is 1.17 bits per heavy atom. The van der Waals surface area contributed by atoms with E-state index in [1.54, 1.807) is 15.6 Å². The molecule has 4 heterocycles. The molecule has 0 bridgehead atoms. The second-order valence-corrected chi connectivity index (χ2v) is 8.63. The van der Waals surface area contributed by atoms with E-state index in [2.05, 4.69) is 19.9 Å². The molecule has 2 aliphatic rings. The van der Waals surface area contributed by atoms with Gasteiger partial charge >= 0.3 is 6.09 Å². The van der Waals surface area contributed by atoms with E-state index in [4.69, 9.17) is 4.74 Å². The molecule has 0 radical (unpaired) electrons. The van der Waals surface area contributed by atoms with Gasteiger partial charge < -0.3 is 14.5 Å². The van der Waals surface area contributed by atoms with E-state index in [9.17, 15) is 9.59 Å². The van der Waals surface area contributed by atoms with Crippen LogP contribution in [0, 0.1) is 0 Å². The Kier molecular flexibility index (Phi) is 5.16. The summed E-state index contributed by atoms with van der Waals surface area (Å²) in [5.74, 6) is 0.206. The molecule has 4 rings (SSSR count). The fourth-order valence-electron chi connectivity index (χ4n) is 3.88. The lowest BCUT2D eigenvalue weighted by atomic mass is 10.0. The van der Waals surface area contributed by atoms with Gasteiger partial charge in [0.05, 0.1) is 30.3 Å². The van der Waals surface area contributed by atoms with Crippen molar-refractivity contribution in [3.63, 3.8) is 0 Å². The molecule has 29 heavy (non-hydrogen) atoms. The Bertz CT molecular complexity index is 897. The average molecular weight is 400 g/mol. The lowest BCUT2D eigenvalue weighted by Gasteiger charge is -2.42. The molecule has 1 unspecified atom stereocenters. The van der Waals surface area contributed by atoms with Crippen LogP contribution in [0.2, 0.25) is 0 Å². The van der Waals surface area contributed by atoms with Crippen LogP contribution in [0.1, 0.15) is 27.2 Å². The highest BCUT2D eigenvalue weighted by molar-refractivity contribution is 5.86. The zero-order chi connectivity index (χ0) is 20.6. The van der Waals surface area contributed by atoms with Gasteiger partial charge in [0.15, 0.2) is 11.4 Å². The van der Waals surface area contributed by atoms with E-state index in [1.807, 2.05) is 39.2 Å². The summed E-state index contributed by atoms with van der Waals surface area (Å²) < 4.78 is 7.25. The van der Waals surface area contributed by atoms with Gasteiger partial charge in [-0.05, 0) is 20.8 Å². The smallest absolute Gasteiger partial charge is 0.410 e. The molecule has 0 aromatic carbocycles. The number of hydrogen-bond donors (Lipinski definition) is 0. The SMILES string of the molecule is CC(C)(C)OC(=O)N1CCC(=O)C(N2CCN(c3cnc4ccnn4c3)CC2)C1. The number of ketones is 1. The summed E-state index contributed by atoms with van der Waals surface area (Å²) in [6.45, 7) is 9.50. The second kappa shape index (κ2) is 7.62. The van der Waals surface area contributed by atoms with Gasteiger partial charge in [0.2, 0.25) is 0 Å². The van der Waals surface area contributed by atoms with Crippen LogP contribution >= 0.6 is 0 Å². The highest BCUT2D eigenvalue weighted by Crippen LogP contribution is 2.21. The van der Waals surface area contributed by atoms with E-state index < -0.39 is 5.60 Å². The highest BCUT2D eigenvalue weighted by Gasteiger charge is 2.36. The first-order valence-electron chi connectivity index (χ1n) is 10.1. The number of carbonyl (C=O) groups is 2. The number of anilines is 1. The first kappa shape index (κ1) is 19.6. The van der Waals surface area contributed by atoms with Crippen molar-refractivity contribution in [1.82, 2.24) is 24.4 Å². The third kappa shape index (κ3) is 4.34.